The van der Waals surface area contributed by atoms with Crippen LogP contribution in [0.25, 0.3) is 0 Å². The number of nitrogens with zero attached hydrogens (tertiary/aromatic N) is 1. The van der Waals surface area contributed by atoms with Gasteiger partial charge in [0.25, 0.3) is 11.6 Å². The van der Waals surface area contributed by atoms with Crippen LogP contribution >= 0.6 is 0 Å². The van der Waals surface area contributed by atoms with E-state index in [4.69, 9.17) is 0 Å². The average molecular weight is 289 g/mol. The molecule has 0 bridgehead atoms. The van der Waals surface area contributed by atoms with Crippen molar-refractivity contribution in [2.24, 2.45) is 0 Å². The Morgan fingerprint density at radius 2 is 2.29 bits per heavy atom. The van der Waals surface area contributed by atoms with Crippen LogP contribution in [0.4, 0.5) is 5.69 Å². The van der Waals surface area contributed by atoms with Gasteiger partial charge in [-0.05, 0) is 32.4 Å². The van der Waals surface area contributed by atoms with Crippen LogP contribution in [0.2, 0.25) is 0 Å². The lowest BCUT2D eigenvalue weighted by Gasteiger charge is -2.14. The number of hydrogen-bond donors (Lipinski definition) is 2. The third kappa shape index (κ3) is 3.88. The zero-order valence-electron chi connectivity index (χ0n) is 12.0. The molecule has 21 heavy (non-hydrogen) atoms. The Morgan fingerprint density at radius 1 is 1.48 bits per heavy atom. The summed E-state index contributed by atoms with van der Waals surface area (Å²) < 4.78 is 0. The molecule has 6 heteroatoms. The minimum absolute atomic E-state index is 0.115. The topological polar surface area (TPSA) is 84.3 Å². The highest BCUT2D eigenvalue weighted by molar-refractivity contribution is 5.98. The van der Waals surface area contributed by atoms with Crippen molar-refractivity contribution in [2.45, 2.75) is 19.8 Å². The van der Waals surface area contributed by atoms with Crippen molar-refractivity contribution in [3.05, 3.63) is 51.1 Å². The molecule has 0 radical (unpaired) electrons. The number of para-hydroxylation sites is 1. The number of benzene rings is 1. The van der Waals surface area contributed by atoms with E-state index in [0.717, 1.165) is 25.9 Å². The lowest BCUT2D eigenvalue weighted by molar-refractivity contribution is -0.385. The molecule has 0 fully saturated rings. The third-order valence-corrected chi connectivity index (χ3v) is 3.55. The first kappa shape index (κ1) is 15.2. The number of rotatable bonds is 5. The predicted octanol–water partition coefficient (Wildman–Crippen LogP) is 1.94. The third-order valence-electron chi connectivity index (χ3n) is 3.55. The maximum absolute atomic E-state index is 12.1. The van der Waals surface area contributed by atoms with Crippen molar-refractivity contribution in [3.63, 3.8) is 0 Å². The van der Waals surface area contributed by atoms with Gasteiger partial charge in [0.15, 0.2) is 0 Å². The van der Waals surface area contributed by atoms with Gasteiger partial charge in [0.05, 0.1) is 4.92 Å². The van der Waals surface area contributed by atoms with Crippen molar-refractivity contribution in [3.8, 4) is 0 Å². The Kier molecular flexibility index (Phi) is 5.05. The van der Waals surface area contributed by atoms with E-state index >= 15 is 0 Å². The molecule has 1 heterocycles. The number of nitro groups is 1. The summed E-state index contributed by atoms with van der Waals surface area (Å²) >= 11 is 0. The van der Waals surface area contributed by atoms with Gasteiger partial charge in [-0.2, -0.15) is 0 Å². The van der Waals surface area contributed by atoms with Gasteiger partial charge in [0.1, 0.15) is 5.56 Å². The van der Waals surface area contributed by atoms with Crippen LogP contribution < -0.4 is 10.6 Å². The van der Waals surface area contributed by atoms with Crippen LogP contribution in [0.1, 0.15) is 28.8 Å². The zero-order valence-corrected chi connectivity index (χ0v) is 12.0. The van der Waals surface area contributed by atoms with Crippen LogP contribution in [0.15, 0.2) is 29.8 Å². The molecule has 2 N–H and O–H groups in total. The molecule has 1 aromatic rings. The van der Waals surface area contributed by atoms with E-state index in [0.29, 0.717) is 12.1 Å². The monoisotopic (exact) mass is 289 g/mol. The van der Waals surface area contributed by atoms with Gasteiger partial charge in [0, 0.05) is 18.7 Å². The number of hydrogen-bond acceptors (Lipinski definition) is 4. The summed E-state index contributed by atoms with van der Waals surface area (Å²) in [6.45, 7) is 3.96. The first-order chi connectivity index (χ1) is 10.1. The molecule has 0 saturated carbocycles. The molecule has 0 aromatic heterocycles. The van der Waals surface area contributed by atoms with Crippen molar-refractivity contribution < 1.29 is 9.72 Å². The van der Waals surface area contributed by atoms with Gasteiger partial charge in [0.2, 0.25) is 0 Å². The summed E-state index contributed by atoms with van der Waals surface area (Å²) in [5.41, 5.74) is 1.82. The second-order valence-corrected chi connectivity index (χ2v) is 5.05. The van der Waals surface area contributed by atoms with Crippen LogP contribution in [-0.4, -0.2) is 30.5 Å². The van der Waals surface area contributed by atoms with Crippen molar-refractivity contribution >= 4 is 11.6 Å². The largest absolute Gasteiger partial charge is 0.351 e. The van der Waals surface area contributed by atoms with E-state index in [1.165, 1.54) is 11.6 Å². The van der Waals surface area contributed by atoms with E-state index in [9.17, 15) is 14.9 Å². The number of nitrogens with one attached hydrogen (secondary N) is 2. The van der Waals surface area contributed by atoms with Crippen LogP contribution in [0.3, 0.4) is 0 Å². The highest BCUT2D eigenvalue weighted by atomic mass is 16.6. The Balaban J connectivity index is 1.99. The first-order valence-electron chi connectivity index (χ1n) is 7.00. The summed E-state index contributed by atoms with van der Waals surface area (Å²) in [5, 5.41) is 17.1. The number of carbonyl (C=O) groups is 1. The molecule has 1 aliphatic heterocycles. The standard InChI is InChI=1S/C15H19N3O3/c1-11-3-2-4-13(14(11)18(20)21)15(19)17-10-7-12-5-8-16-9-6-12/h2-5,16H,6-10H2,1H3,(H,17,19). The molecule has 1 amide bonds. The number of nitro benzene ring substituents is 1. The van der Waals surface area contributed by atoms with E-state index in [1.54, 1.807) is 19.1 Å². The van der Waals surface area contributed by atoms with E-state index in [1.807, 2.05) is 0 Å². The van der Waals surface area contributed by atoms with Gasteiger partial charge >= 0.3 is 0 Å². The molecule has 0 saturated heterocycles. The smallest absolute Gasteiger partial charge is 0.285 e. The van der Waals surface area contributed by atoms with Crippen LogP contribution in [0.5, 0.6) is 0 Å². The Labute approximate surface area is 123 Å². The van der Waals surface area contributed by atoms with E-state index in [-0.39, 0.29) is 17.2 Å². The fourth-order valence-electron chi connectivity index (χ4n) is 2.41. The SMILES string of the molecule is Cc1cccc(C(=O)NCCC2=CCNCC2)c1[N+](=O)[O-]. The Hall–Kier alpha value is -2.21. The quantitative estimate of drug-likeness (QED) is 0.493. The number of aryl methyl sites for hydroxylation is 1. The molecule has 0 atom stereocenters. The first-order valence-corrected chi connectivity index (χ1v) is 7.00. The van der Waals surface area contributed by atoms with Gasteiger partial charge in [-0.3, -0.25) is 14.9 Å². The summed E-state index contributed by atoms with van der Waals surface area (Å²) in [4.78, 5) is 22.7. The zero-order chi connectivity index (χ0) is 15.2. The average Bonchev–Trinajstić information content (AvgIpc) is 2.47. The van der Waals surface area contributed by atoms with Crippen LogP contribution in [0, 0.1) is 17.0 Å². The van der Waals surface area contributed by atoms with Gasteiger partial charge in [-0.1, -0.05) is 23.8 Å². The molecule has 0 spiro atoms. The summed E-state index contributed by atoms with van der Waals surface area (Å²) in [6, 6.07) is 4.78. The molecule has 0 aliphatic carbocycles. The lowest BCUT2D eigenvalue weighted by Crippen LogP contribution is -2.27. The van der Waals surface area contributed by atoms with Crippen molar-refractivity contribution in [2.75, 3.05) is 19.6 Å². The molecular formula is C15H19N3O3. The lowest BCUT2D eigenvalue weighted by atomic mass is 10.1. The summed E-state index contributed by atoms with van der Waals surface area (Å²) in [5.74, 6) is -0.389. The molecule has 2 rings (SSSR count). The highest BCUT2D eigenvalue weighted by Crippen LogP contribution is 2.22. The predicted molar refractivity (Wildman–Crippen MR) is 80.4 cm³/mol. The second kappa shape index (κ2) is 6.99. The molecule has 6 nitrogen and oxygen atoms in total. The molecule has 1 aromatic carbocycles. The van der Waals surface area contributed by atoms with Gasteiger partial charge in [-0.15, -0.1) is 0 Å². The maximum Gasteiger partial charge on any atom is 0.285 e. The van der Waals surface area contributed by atoms with Gasteiger partial charge < -0.3 is 10.6 Å². The summed E-state index contributed by atoms with van der Waals surface area (Å²) in [7, 11) is 0. The fraction of sp³-hybridized carbons (Fsp3) is 0.400. The second-order valence-electron chi connectivity index (χ2n) is 5.05. The summed E-state index contributed by atoms with van der Waals surface area (Å²) in [6.07, 6.45) is 3.90. The normalized spacial score (nSPS) is 14.4. The minimum atomic E-state index is -0.500. The highest BCUT2D eigenvalue weighted by Gasteiger charge is 2.21. The fourth-order valence-corrected chi connectivity index (χ4v) is 2.41. The van der Waals surface area contributed by atoms with Gasteiger partial charge in [-0.25, -0.2) is 0 Å². The van der Waals surface area contributed by atoms with E-state index in [2.05, 4.69) is 16.7 Å². The minimum Gasteiger partial charge on any atom is -0.351 e. The molecule has 1 aliphatic rings. The number of amides is 1. The maximum atomic E-state index is 12.1. The molecule has 0 unspecified atom stereocenters. The van der Waals surface area contributed by atoms with Crippen molar-refractivity contribution in [1.82, 2.24) is 10.6 Å². The Morgan fingerprint density at radius 3 is 2.95 bits per heavy atom. The molecule has 112 valence electrons. The van der Waals surface area contributed by atoms with Crippen LogP contribution in [-0.2, 0) is 0 Å². The van der Waals surface area contributed by atoms with Crippen molar-refractivity contribution in [1.29, 1.82) is 0 Å². The molecular weight excluding hydrogens is 270 g/mol. The number of carbonyl (C=O) groups excluding carboxylic acids is 1. The Bertz CT molecular complexity index is 582. The van der Waals surface area contributed by atoms with E-state index < -0.39 is 4.92 Å².